The molecule has 23 heavy (non-hydrogen) atoms. The molecule has 0 fully saturated rings. The first-order chi connectivity index (χ1) is 11.1. The summed E-state index contributed by atoms with van der Waals surface area (Å²) in [6, 6.07) is 10.4. The third-order valence-electron chi connectivity index (χ3n) is 3.52. The van der Waals surface area contributed by atoms with E-state index < -0.39 is 0 Å². The predicted molar refractivity (Wildman–Crippen MR) is 98.7 cm³/mol. The van der Waals surface area contributed by atoms with E-state index in [4.69, 9.17) is 0 Å². The lowest BCUT2D eigenvalue weighted by atomic mass is 10.2. The molecule has 0 unspecified atom stereocenters. The Morgan fingerprint density at radius 1 is 1.26 bits per heavy atom. The highest BCUT2D eigenvalue weighted by molar-refractivity contribution is 9.10. The minimum Gasteiger partial charge on any atom is -0.356 e. The second kappa shape index (κ2) is 8.72. The number of guanidine groups is 1. The molecule has 0 bridgehead atoms. The average Bonchev–Trinajstić information content (AvgIpc) is 2.84. The van der Waals surface area contributed by atoms with Crippen molar-refractivity contribution in [3.05, 3.63) is 51.8 Å². The van der Waals surface area contributed by atoms with Gasteiger partial charge >= 0.3 is 0 Å². The summed E-state index contributed by atoms with van der Waals surface area (Å²) < 4.78 is 3.14. The maximum Gasteiger partial charge on any atom is 0.191 e. The Kier molecular flexibility index (Phi) is 6.65. The van der Waals surface area contributed by atoms with Gasteiger partial charge in [0.1, 0.15) is 0 Å². The minimum atomic E-state index is 0.747. The van der Waals surface area contributed by atoms with Crippen LogP contribution in [0, 0.1) is 13.8 Å². The number of aryl methyl sites for hydroxylation is 3. The van der Waals surface area contributed by atoms with Crippen molar-refractivity contribution in [1.29, 1.82) is 0 Å². The molecule has 1 aromatic carbocycles. The monoisotopic (exact) mass is 377 g/mol. The van der Waals surface area contributed by atoms with E-state index in [-0.39, 0.29) is 0 Å². The van der Waals surface area contributed by atoms with Gasteiger partial charge in [-0.25, -0.2) is 0 Å². The molecule has 0 atom stereocenters. The van der Waals surface area contributed by atoms with E-state index in [0.29, 0.717) is 0 Å². The van der Waals surface area contributed by atoms with Crippen LogP contribution in [-0.2, 0) is 13.1 Å². The molecule has 0 aliphatic heterocycles. The average molecular weight is 378 g/mol. The highest BCUT2D eigenvalue weighted by atomic mass is 79.9. The van der Waals surface area contributed by atoms with E-state index in [0.717, 1.165) is 42.2 Å². The van der Waals surface area contributed by atoms with E-state index in [2.05, 4.69) is 66.5 Å². The molecule has 2 N–H and O–H groups in total. The van der Waals surface area contributed by atoms with Crippen LogP contribution in [0.1, 0.15) is 23.4 Å². The van der Waals surface area contributed by atoms with Crippen LogP contribution >= 0.6 is 15.9 Å². The van der Waals surface area contributed by atoms with Crippen LogP contribution in [0.25, 0.3) is 0 Å². The van der Waals surface area contributed by atoms with Crippen LogP contribution in [0.3, 0.4) is 0 Å². The number of aromatic nitrogens is 2. The highest BCUT2D eigenvalue weighted by Gasteiger charge is 2.02. The van der Waals surface area contributed by atoms with E-state index in [1.54, 1.807) is 7.05 Å². The van der Waals surface area contributed by atoms with Crippen molar-refractivity contribution in [2.45, 2.75) is 33.4 Å². The van der Waals surface area contributed by atoms with Crippen molar-refractivity contribution in [2.24, 2.45) is 4.99 Å². The van der Waals surface area contributed by atoms with Gasteiger partial charge in [0.2, 0.25) is 0 Å². The summed E-state index contributed by atoms with van der Waals surface area (Å²) in [4.78, 5) is 4.25. The van der Waals surface area contributed by atoms with Crippen LogP contribution in [0.4, 0.5) is 0 Å². The Hall–Kier alpha value is -1.82. The number of nitrogens with zero attached hydrogens (tertiary/aromatic N) is 3. The normalized spacial score (nSPS) is 11.6. The van der Waals surface area contributed by atoms with Gasteiger partial charge in [-0.2, -0.15) is 5.10 Å². The van der Waals surface area contributed by atoms with Crippen molar-refractivity contribution in [3.8, 4) is 0 Å². The number of hydrogen-bond donors (Lipinski definition) is 2. The van der Waals surface area contributed by atoms with Crippen LogP contribution in [0.15, 0.2) is 39.8 Å². The van der Waals surface area contributed by atoms with Crippen LogP contribution < -0.4 is 10.6 Å². The Morgan fingerprint density at radius 2 is 2.09 bits per heavy atom. The molecule has 0 saturated heterocycles. The summed E-state index contributed by atoms with van der Waals surface area (Å²) >= 11 is 3.49. The summed E-state index contributed by atoms with van der Waals surface area (Å²) in [6.07, 6.45) is 1.000. The molecule has 0 spiro atoms. The Balaban J connectivity index is 1.72. The zero-order valence-corrected chi connectivity index (χ0v) is 15.5. The highest BCUT2D eigenvalue weighted by Crippen LogP contribution is 2.11. The molecule has 0 saturated carbocycles. The van der Waals surface area contributed by atoms with Crippen molar-refractivity contribution in [1.82, 2.24) is 20.4 Å². The molecule has 2 aromatic rings. The number of halogens is 1. The third kappa shape index (κ3) is 5.71. The quantitative estimate of drug-likeness (QED) is 0.462. The molecule has 1 aromatic heterocycles. The second-order valence-corrected chi connectivity index (χ2v) is 6.40. The molecule has 1 heterocycles. The number of nitrogens with one attached hydrogen (secondary N) is 2. The smallest absolute Gasteiger partial charge is 0.191 e. The van der Waals surface area contributed by atoms with Crippen LogP contribution in [-0.4, -0.2) is 29.3 Å². The molecule has 6 heteroatoms. The number of aliphatic imine (C=N–C) groups is 1. The zero-order valence-electron chi connectivity index (χ0n) is 13.9. The van der Waals surface area contributed by atoms with E-state index in [1.165, 1.54) is 11.3 Å². The van der Waals surface area contributed by atoms with Crippen molar-refractivity contribution in [2.75, 3.05) is 13.6 Å². The zero-order chi connectivity index (χ0) is 16.7. The standard InChI is InChI=1S/C17H24BrN5/c1-13-10-14(2)23(22-13)9-5-8-20-17(19-3)21-12-15-6-4-7-16(18)11-15/h4,6-7,10-11H,5,8-9,12H2,1-3H3,(H2,19,20,21). The number of hydrogen-bond acceptors (Lipinski definition) is 2. The molecule has 5 nitrogen and oxygen atoms in total. The fraction of sp³-hybridized carbons (Fsp3) is 0.412. The summed E-state index contributed by atoms with van der Waals surface area (Å²) in [6.45, 7) is 6.63. The van der Waals surface area contributed by atoms with Crippen LogP contribution in [0.2, 0.25) is 0 Å². The fourth-order valence-electron chi connectivity index (χ4n) is 2.39. The molecule has 124 valence electrons. The molecular weight excluding hydrogens is 354 g/mol. The Labute approximate surface area is 146 Å². The molecular formula is C17H24BrN5. The third-order valence-corrected chi connectivity index (χ3v) is 4.01. The SMILES string of the molecule is CN=C(NCCCn1nc(C)cc1C)NCc1cccc(Br)c1. The Morgan fingerprint density at radius 3 is 2.74 bits per heavy atom. The van der Waals surface area contributed by atoms with Gasteiger partial charge in [0, 0.05) is 36.8 Å². The van der Waals surface area contributed by atoms with Gasteiger partial charge < -0.3 is 10.6 Å². The van der Waals surface area contributed by atoms with E-state index in [9.17, 15) is 0 Å². The maximum absolute atomic E-state index is 4.47. The van der Waals surface area contributed by atoms with Crippen LogP contribution in [0.5, 0.6) is 0 Å². The van der Waals surface area contributed by atoms with Gasteiger partial charge in [-0.1, -0.05) is 28.1 Å². The minimum absolute atomic E-state index is 0.747. The molecule has 0 amide bonds. The van der Waals surface area contributed by atoms with E-state index >= 15 is 0 Å². The van der Waals surface area contributed by atoms with Gasteiger partial charge in [-0.05, 0) is 44.0 Å². The van der Waals surface area contributed by atoms with Gasteiger partial charge in [0.15, 0.2) is 5.96 Å². The second-order valence-electron chi connectivity index (χ2n) is 5.49. The largest absolute Gasteiger partial charge is 0.356 e. The van der Waals surface area contributed by atoms with Gasteiger partial charge in [-0.3, -0.25) is 9.67 Å². The summed E-state index contributed by atoms with van der Waals surface area (Å²) in [7, 11) is 1.79. The predicted octanol–water partition coefficient (Wildman–Crippen LogP) is 3.02. The summed E-state index contributed by atoms with van der Waals surface area (Å²) in [5.74, 6) is 0.818. The lowest BCUT2D eigenvalue weighted by molar-refractivity contribution is 0.555. The summed E-state index contributed by atoms with van der Waals surface area (Å²) in [5.41, 5.74) is 3.49. The topological polar surface area (TPSA) is 54.2 Å². The summed E-state index contributed by atoms with van der Waals surface area (Å²) in [5, 5.41) is 11.1. The van der Waals surface area contributed by atoms with Gasteiger partial charge in [0.25, 0.3) is 0 Å². The van der Waals surface area contributed by atoms with E-state index in [1.807, 2.05) is 19.1 Å². The first kappa shape index (κ1) is 17.5. The van der Waals surface area contributed by atoms with Crippen molar-refractivity contribution in [3.63, 3.8) is 0 Å². The lowest BCUT2D eigenvalue weighted by Crippen LogP contribution is -2.37. The Bertz CT molecular complexity index is 663. The lowest BCUT2D eigenvalue weighted by Gasteiger charge is -2.12. The number of rotatable bonds is 6. The molecule has 0 aliphatic carbocycles. The van der Waals surface area contributed by atoms with Gasteiger partial charge in [-0.15, -0.1) is 0 Å². The first-order valence-electron chi connectivity index (χ1n) is 7.78. The fourth-order valence-corrected chi connectivity index (χ4v) is 2.84. The molecule has 0 aliphatic rings. The molecule has 2 rings (SSSR count). The number of benzene rings is 1. The van der Waals surface area contributed by atoms with Gasteiger partial charge in [0.05, 0.1) is 5.69 Å². The van der Waals surface area contributed by atoms with Crippen molar-refractivity contribution < 1.29 is 0 Å². The molecule has 0 radical (unpaired) electrons. The first-order valence-corrected chi connectivity index (χ1v) is 8.58. The maximum atomic E-state index is 4.47. The van der Waals surface area contributed by atoms with Crippen molar-refractivity contribution >= 4 is 21.9 Å².